The molecule has 1 heterocycles. The molecule has 0 unspecified atom stereocenters. The van der Waals surface area contributed by atoms with E-state index in [1.165, 1.54) is 12.3 Å². The third-order valence-corrected chi connectivity index (χ3v) is 3.68. The summed E-state index contributed by atoms with van der Waals surface area (Å²) in [5.74, 6) is 0.213. The van der Waals surface area contributed by atoms with Crippen molar-refractivity contribution >= 4 is 21.7 Å². The number of amides is 1. The van der Waals surface area contributed by atoms with Gasteiger partial charge in [-0.1, -0.05) is 6.92 Å². The number of hydrogen-bond acceptors (Lipinski definition) is 5. The molecule has 106 valence electrons. The smallest absolute Gasteiger partial charge is 0.242 e. The number of carbonyl (C=O) groups excluding carboxylic acids is 1. The Morgan fingerprint density at radius 1 is 1.37 bits per heavy atom. The fraction of sp³-hybridized carbons (Fsp3) is 0.455. The minimum atomic E-state index is -3.71. The van der Waals surface area contributed by atoms with E-state index in [4.69, 9.17) is 0 Å². The standard InChI is InChI=1S/C11H18N4O3S/c1-3-6-13-11(16)8-15-19(17,18)9-4-5-10(12-2)14-7-9/h4-5,7,15H,3,6,8H2,1-2H3,(H,12,14)(H,13,16). The van der Waals surface area contributed by atoms with E-state index >= 15 is 0 Å². The summed E-state index contributed by atoms with van der Waals surface area (Å²) in [5.41, 5.74) is 0. The van der Waals surface area contributed by atoms with Crippen molar-refractivity contribution in [2.75, 3.05) is 25.5 Å². The van der Waals surface area contributed by atoms with Gasteiger partial charge in [-0.05, 0) is 18.6 Å². The number of aromatic nitrogens is 1. The van der Waals surface area contributed by atoms with Crippen LogP contribution in [0.2, 0.25) is 0 Å². The van der Waals surface area contributed by atoms with E-state index in [2.05, 4.69) is 20.3 Å². The second-order valence-corrected chi connectivity index (χ2v) is 5.57. The van der Waals surface area contributed by atoms with Crippen molar-refractivity contribution < 1.29 is 13.2 Å². The zero-order valence-electron chi connectivity index (χ0n) is 10.9. The maximum Gasteiger partial charge on any atom is 0.242 e. The number of anilines is 1. The van der Waals surface area contributed by atoms with E-state index < -0.39 is 10.0 Å². The molecule has 0 spiro atoms. The topological polar surface area (TPSA) is 100 Å². The normalized spacial score (nSPS) is 11.1. The van der Waals surface area contributed by atoms with Crippen LogP contribution in [0.15, 0.2) is 23.2 Å². The van der Waals surface area contributed by atoms with Gasteiger partial charge in [0.05, 0.1) is 6.54 Å². The van der Waals surface area contributed by atoms with Crippen LogP contribution in [0.4, 0.5) is 5.82 Å². The van der Waals surface area contributed by atoms with Gasteiger partial charge in [-0.2, -0.15) is 0 Å². The fourth-order valence-electron chi connectivity index (χ4n) is 1.26. The molecule has 0 atom stereocenters. The summed E-state index contributed by atoms with van der Waals surface area (Å²) in [4.78, 5) is 15.2. The van der Waals surface area contributed by atoms with Crippen molar-refractivity contribution in [1.29, 1.82) is 0 Å². The van der Waals surface area contributed by atoms with Gasteiger partial charge in [-0.3, -0.25) is 4.79 Å². The van der Waals surface area contributed by atoms with Crippen LogP contribution < -0.4 is 15.4 Å². The van der Waals surface area contributed by atoms with Crippen molar-refractivity contribution in [3.05, 3.63) is 18.3 Å². The molecule has 0 saturated heterocycles. The van der Waals surface area contributed by atoms with Crippen LogP contribution in [0, 0.1) is 0 Å². The molecule has 0 saturated carbocycles. The van der Waals surface area contributed by atoms with Gasteiger partial charge in [-0.15, -0.1) is 0 Å². The lowest BCUT2D eigenvalue weighted by Gasteiger charge is -2.07. The number of nitrogens with one attached hydrogen (secondary N) is 3. The SMILES string of the molecule is CCCNC(=O)CNS(=O)(=O)c1ccc(NC)nc1. The molecule has 0 aliphatic rings. The predicted octanol–water partition coefficient (Wildman–Crippen LogP) is -0.0722. The molecule has 1 aromatic rings. The van der Waals surface area contributed by atoms with Crippen LogP contribution in [-0.2, 0) is 14.8 Å². The Kier molecular flexibility index (Phi) is 5.71. The number of hydrogen-bond donors (Lipinski definition) is 3. The molecule has 0 aliphatic carbocycles. The zero-order chi connectivity index (χ0) is 14.3. The predicted molar refractivity (Wildman–Crippen MR) is 72.3 cm³/mol. The zero-order valence-corrected chi connectivity index (χ0v) is 11.8. The molecule has 0 aromatic carbocycles. The lowest BCUT2D eigenvalue weighted by molar-refractivity contribution is -0.119. The highest BCUT2D eigenvalue weighted by atomic mass is 32.2. The first kappa shape index (κ1) is 15.4. The number of rotatable bonds is 7. The Morgan fingerprint density at radius 2 is 2.11 bits per heavy atom. The lowest BCUT2D eigenvalue weighted by Crippen LogP contribution is -2.37. The Hall–Kier alpha value is -1.67. The summed E-state index contributed by atoms with van der Waals surface area (Å²) in [6.45, 7) is 2.16. The van der Waals surface area contributed by atoms with E-state index in [-0.39, 0.29) is 17.3 Å². The van der Waals surface area contributed by atoms with Crippen LogP contribution in [0.1, 0.15) is 13.3 Å². The van der Waals surface area contributed by atoms with Crippen molar-refractivity contribution in [1.82, 2.24) is 15.0 Å². The van der Waals surface area contributed by atoms with Gasteiger partial charge in [0.1, 0.15) is 10.7 Å². The molecule has 1 aromatic heterocycles. The van der Waals surface area contributed by atoms with Crippen LogP contribution in [0.3, 0.4) is 0 Å². The fourth-order valence-corrected chi connectivity index (χ4v) is 2.18. The third kappa shape index (κ3) is 4.84. The van der Waals surface area contributed by atoms with Gasteiger partial charge in [0.25, 0.3) is 0 Å². The van der Waals surface area contributed by atoms with Gasteiger partial charge in [-0.25, -0.2) is 18.1 Å². The van der Waals surface area contributed by atoms with Gasteiger partial charge in [0.2, 0.25) is 15.9 Å². The number of carbonyl (C=O) groups is 1. The molecule has 0 radical (unpaired) electrons. The molecule has 1 rings (SSSR count). The van der Waals surface area contributed by atoms with Crippen molar-refractivity contribution in [2.45, 2.75) is 18.2 Å². The summed E-state index contributed by atoms with van der Waals surface area (Å²) < 4.78 is 25.9. The van der Waals surface area contributed by atoms with Crippen molar-refractivity contribution in [2.24, 2.45) is 0 Å². The Labute approximate surface area is 112 Å². The number of pyridine rings is 1. The largest absolute Gasteiger partial charge is 0.373 e. The highest BCUT2D eigenvalue weighted by Crippen LogP contribution is 2.09. The second-order valence-electron chi connectivity index (χ2n) is 3.80. The average molecular weight is 286 g/mol. The molecule has 8 heteroatoms. The Morgan fingerprint density at radius 3 is 2.63 bits per heavy atom. The maximum atomic E-state index is 11.9. The molecular weight excluding hydrogens is 268 g/mol. The second kappa shape index (κ2) is 7.05. The quantitative estimate of drug-likeness (QED) is 0.651. The average Bonchev–Trinajstić information content (AvgIpc) is 2.43. The summed E-state index contributed by atoms with van der Waals surface area (Å²) in [7, 11) is -2.02. The van der Waals surface area contributed by atoms with Gasteiger partial charge in [0, 0.05) is 19.8 Å². The van der Waals surface area contributed by atoms with Crippen LogP contribution in [0.25, 0.3) is 0 Å². The molecule has 7 nitrogen and oxygen atoms in total. The number of sulfonamides is 1. The molecular formula is C11H18N4O3S. The van der Waals surface area contributed by atoms with Crippen LogP contribution >= 0.6 is 0 Å². The van der Waals surface area contributed by atoms with E-state index in [0.29, 0.717) is 12.4 Å². The summed E-state index contributed by atoms with van der Waals surface area (Å²) in [6, 6.07) is 2.97. The van der Waals surface area contributed by atoms with E-state index in [1.807, 2.05) is 6.92 Å². The molecule has 3 N–H and O–H groups in total. The first-order valence-corrected chi connectivity index (χ1v) is 7.38. The highest BCUT2D eigenvalue weighted by Gasteiger charge is 2.15. The Balaban J connectivity index is 2.62. The minimum Gasteiger partial charge on any atom is -0.373 e. The summed E-state index contributed by atoms with van der Waals surface area (Å²) in [5, 5.41) is 5.37. The van der Waals surface area contributed by atoms with E-state index in [9.17, 15) is 13.2 Å². The van der Waals surface area contributed by atoms with E-state index in [1.54, 1.807) is 13.1 Å². The summed E-state index contributed by atoms with van der Waals surface area (Å²) >= 11 is 0. The van der Waals surface area contributed by atoms with Gasteiger partial charge in [0.15, 0.2) is 0 Å². The van der Waals surface area contributed by atoms with E-state index in [0.717, 1.165) is 6.42 Å². The first-order chi connectivity index (χ1) is 8.99. The molecule has 0 bridgehead atoms. The van der Waals surface area contributed by atoms with Crippen molar-refractivity contribution in [3.63, 3.8) is 0 Å². The molecule has 19 heavy (non-hydrogen) atoms. The highest BCUT2D eigenvalue weighted by molar-refractivity contribution is 7.89. The number of nitrogens with zero attached hydrogens (tertiary/aromatic N) is 1. The lowest BCUT2D eigenvalue weighted by atomic mass is 10.4. The van der Waals surface area contributed by atoms with Gasteiger partial charge >= 0.3 is 0 Å². The molecule has 1 amide bonds. The summed E-state index contributed by atoms with van der Waals surface area (Å²) in [6.07, 6.45) is 2.03. The Bertz CT molecular complexity index is 513. The van der Waals surface area contributed by atoms with Gasteiger partial charge < -0.3 is 10.6 Å². The maximum absolute atomic E-state index is 11.9. The third-order valence-electron chi connectivity index (χ3n) is 2.30. The van der Waals surface area contributed by atoms with Crippen molar-refractivity contribution in [3.8, 4) is 0 Å². The minimum absolute atomic E-state index is 0.0230. The monoisotopic (exact) mass is 286 g/mol. The molecule has 0 fully saturated rings. The first-order valence-electron chi connectivity index (χ1n) is 5.89. The molecule has 0 aliphatic heterocycles. The van der Waals surface area contributed by atoms with Crippen LogP contribution in [-0.4, -0.2) is 39.4 Å². The van der Waals surface area contributed by atoms with Crippen LogP contribution in [0.5, 0.6) is 0 Å².